The van der Waals surface area contributed by atoms with Gasteiger partial charge in [0, 0.05) is 32.7 Å². The Morgan fingerprint density at radius 2 is 2.00 bits per heavy atom. The second-order valence-electron chi connectivity index (χ2n) is 5.35. The fourth-order valence-corrected chi connectivity index (χ4v) is 3.84. The van der Waals surface area contributed by atoms with Crippen LogP contribution in [0.25, 0.3) is 0 Å². The molecule has 0 radical (unpaired) electrons. The summed E-state index contributed by atoms with van der Waals surface area (Å²) < 4.78 is 24.3. The molecule has 1 aromatic heterocycles. The molecule has 2 rings (SSSR count). The van der Waals surface area contributed by atoms with Crippen LogP contribution in [0.3, 0.4) is 0 Å². The van der Waals surface area contributed by atoms with Gasteiger partial charge in [-0.15, -0.1) is 0 Å². The number of thiophene rings is 1. The van der Waals surface area contributed by atoms with E-state index in [1.54, 1.807) is 16.2 Å². The molecule has 0 spiro atoms. The summed E-state index contributed by atoms with van der Waals surface area (Å²) in [6.07, 6.45) is 1.21. The highest BCUT2D eigenvalue weighted by Crippen LogP contribution is 2.10. The van der Waals surface area contributed by atoms with Gasteiger partial charge >= 0.3 is 0 Å². The maximum Gasteiger partial charge on any atom is 0.236 e. The van der Waals surface area contributed by atoms with E-state index in [4.69, 9.17) is 0 Å². The summed E-state index contributed by atoms with van der Waals surface area (Å²) in [5.41, 5.74) is 1.21. The molecule has 1 aliphatic rings. The van der Waals surface area contributed by atoms with E-state index < -0.39 is 10.0 Å². The summed E-state index contributed by atoms with van der Waals surface area (Å²) in [4.78, 5) is 15.9. The second-order valence-corrected chi connectivity index (χ2v) is 8.11. The number of carbonyl (C=O) groups excluding carboxylic acids is 1. The van der Waals surface area contributed by atoms with E-state index in [0.29, 0.717) is 32.7 Å². The van der Waals surface area contributed by atoms with E-state index in [-0.39, 0.29) is 5.91 Å². The number of sulfonamides is 1. The number of piperazine rings is 1. The number of nitrogens with zero attached hydrogens (tertiary/aromatic N) is 3. The van der Waals surface area contributed by atoms with Crippen molar-refractivity contribution in [2.24, 2.45) is 0 Å². The molecule has 8 heteroatoms. The van der Waals surface area contributed by atoms with Gasteiger partial charge in [-0.3, -0.25) is 9.69 Å². The van der Waals surface area contributed by atoms with Crippen molar-refractivity contribution in [1.82, 2.24) is 14.1 Å². The minimum atomic E-state index is -3.15. The summed E-state index contributed by atoms with van der Waals surface area (Å²) >= 11 is 1.65. The Labute approximate surface area is 130 Å². The van der Waals surface area contributed by atoms with Crippen molar-refractivity contribution < 1.29 is 13.2 Å². The molecule has 1 fully saturated rings. The summed E-state index contributed by atoms with van der Waals surface area (Å²) in [6, 6.07) is 2.05. The molecule has 1 aromatic rings. The molecule has 0 unspecified atom stereocenters. The van der Waals surface area contributed by atoms with E-state index in [1.807, 2.05) is 17.3 Å². The predicted molar refractivity (Wildman–Crippen MR) is 83.6 cm³/mol. The van der Waals surface area contributed by atoms with Crippen LogP contribution in [0.1, 0.15) is 5.56 Å². The molecule has 0 atom stereocenters. The molecule has 21 heavy (non-hydrogen) atoms. The van der Waals surface area contributed by atoms with E-state index in [0.717, 1.165) is 6.54 Å². The van der Waals surface area contributed by atoms with E-state index in [2.05, 4.69) is 11.4 Å². The minimum absolute atomic E-state index is 0.0564. The molecule has 1 saturated heterocycles. The molecule has 2 heterocycles. The van der Waals surface area contributed by atoms with Crippen LogP contribution in [-0.2, 0) is 21.4 Å². The lowest BCUT2D eigenvalue weighted by Gasteiger charge is -2.34. The monoisotopic (exact) mass is 331 g/mol. The Balaban J connectivity index is 1.79. The van der Waals surface area contributed by atoms with Crippen LogP contribution < -0.4 is 0 Å². The van der Waals surface area contributed by atoms with Gasteiger partial charge in [0.2, 0.25) is 15.9 Å². The van der Waals surface area contributed by atoms with Gasteiger partial charge in [0.1, 0.15) is 0 Å². The van der Waals surface area contributed by atoms with E-state index in [9.17, 15) is 13.2 Å². The van der Waals surface area contributed by atoms with E-state index in [1.165, 1.54) is 16.1 Å². The third kappa shape index (κ3) is 4.77. The Hall–Kier alpha value is -0.960. The van der Waals surface area contributed by atoms with Gasteiger partial charge in [-0.25, -0.2) is 8.42 Å². The molecular formula is C13H21N3O3S2. The molecule has 1 aliphatic heterocycles. The van der Waals surface area contributed by atoms with Crippen molar-refractivity contribution in [2.75, 3.05) is 46.0 Å². The van der Waals surface area contributed by atoms with Crippen molar-refractivity contribution in [3.8, 4) is 0 Å². The quantitative estimate of drug-likeness (QED) is 0.778. The largest absolute Gasteiger partial charge is 0.339 e. The average molecular weight is 331 g/mol. The molecule has 6 nitrogen and oxygen atoms in total. The highest BCUT2D eigenvalue weighted by molar-refractivity contribution is 7.88. The maximum atomic E-state index is 12.2. The number of hydrogen-bond donors (Lipinski definition) is 0. The molecule has 0 saturated carbocycles. The van der Waals surface area contributed by atoms with Gasteiger partial charge in [0.25, 0.3) is 0 Å². The van der Waals surface area contributed by atoms with Crippen LogP contribution in [0.4, 0.5) is 0 Å². The van der Waals surface area contributed by atoms with Gasteiger partial charge < -0.3 is 4.90 Å². The van der Waals surface area contributed by atoms with Crippen LogP contribution in [0, 0.1) is 0 Å². The van der Waals surface area contributed by atoms with Crippen molar-refractivity contribution in [3.05, 3.63) is 22.4 Å². The molecule has 0 aliphatic carbocycles. The van der Waals surface area contributed by atoms with Crippen LogP contribution in [0.5, 0.6) is 0 Å². The topological polar surface area (TPSA) is 60.9 Å². The first kappa shape index (κ1) is 16.4. The lowest BCUT2D eigenvalue weighted by molar-refractivity contribution is -0.133. The zero-order valence-corrected chi connectivity index (χ0v) is 14.0. The van der Waals surface area contributed by atoms with Crippen LogP contribution in [0.2, 0.25) is 0 Å². The van der Waals surface area contributed by atoms with Gasteiger partial charge in [-0.1, -0.05) is 0 Å². The van der Waals surface area contributed by atoms with Crippen molar-refractivity contribution in [3.63, 3.8) is 0 Å². The second kappa shape index (κ2) is 6.87. The van der Waals surface area contributed by atoms with Gasteiger partial charge in [-0.2, -0.15) is 15.6 Å². The first-order valence-corrected chi connectivity index (χ1v) is 9.58. The SMILES string of the molecule is CN(CC(=O)N1CCN(S(C)(=O)=O)CC1)Cc1ccsc1. The Morgan fingerprint density at radius 1 is 1.33 bits per heavy atom. The number of carbonyl (C=O) groups is 1. The summed E-state index contributed by atoms with van der Waals surface area (Å²) in [7, 11) is -1.23. The minimum Gasteiger partial charge on any atom is -0.339 e. The fraction of sp³-hybridized carbons (Fsp3) is 0.615. The Kier molecular flexibility index (Phi) is 5.37. The normalized spacial score (nSPS) is 17.4. The lowest BCUT2D eigenvalue weighted by atomic mass is 10.3. The van der Waals surface area contributed by atoms with Crippen LogP contribution in [0.15, 0.2) is 16.8 Å². The molecule has 118 valence electrons. The first-order valence-electron chi connectivity index (χ1n) is 6.79. The smallest absolute Gasteiger partial charge is 0.236 e. The van der Waals surface area contributed by atoms with E-state index >= 15 is 0 Å². The molecule has 0 N–H and O–H groups in total. The Bertz CT molecular complexity index is 563. The summed E-state index contributed by atoms with van der Waals surface area (Å²) in [5, 5.41) is 4.10. The number of rotatable bonds is 5. The zero-order chi connectivity index (χ0) is 15.5. The molecule has 0 bridgehead atoms. The van der Waals surface area contributed by atoms with Crippen LogP contribution >= 0.6 is 11.3 Å². The standard InChI is InChI=1S/C13H21N3O3S2/c1-14(9-12-3-8-20-11-12)10-13(17)15-4-6-16(7-5-15)21(2,18)19/h3,8,11H,4-7,9-10H2,1-2H3. The van der Waals surface area contributed by atoms with Crippen molar-refractivity contribution in [1.29, 1.82) is 0 Å². The van der Waals surface area contributed by atoms with Crippen molar-refractivity contribution >= 4 is 27.3 Å². The average Bonchev–Trinajstić information content (AvgIpc) is 2.90. The summed E-state index contributed by atoms with van der Waals surface area (Å²) in [5.74, 6) is 0.0564. The summed E-state index contributed by atoms with van der Waals surface area (Å²) in [6.45, 7) is 2.82. The van der Waals surface area contributed by atoms with Crippen molar-refractivity contribution in [2.45, 2.75) is 6.54 Å². The Morgan fingerprint density at radius 3 is 2.52 bits per heavy atom. The number of hydrogen-bond acceptors (Lipinski definition) is 5. The first-order chi connectivity index (χ1) is 9.86. The number of amides is 1. The molecule has 1 amide bonds. The number of likely N-dealkylation sites (N-methyl/N-ethyl adjacent to an activating group) is 1. The van der Waals surface area contributed by atoms with Gasteiger partial charge in [0.05, 0.1) is 12.8 Å². The highest BCUT2D eigenvalue weighted by atomic mass is 32.2. The highest BCUT2D eigenvalue weighted by Gasteiger charge is 2.26. The lowest BCUT2D eigenvalue weighted by Crippen LogP contribution is -2.52. The molecule has 0 aromatic carbocycles. The third-order valence-electron chi connectivity index (χ3n) is 3.50. The fourth-order valence-electron chi connectivity index (χ4n) is 2.35. The molecular weight excluding hydrogens is 310 g/mol. The van der Waals surface area contributed by atoms with Crippen LogP contribution in [-0.4, -0.2) is 74.5 Å². The predicted octanol–water partition coefficient (Wildman–Crippen LogP) is 0.284. The zero-order valence-electron chi connectivity index (χ0n) is 12.4. The maximum absolute atomic E-state index is 12.2. The van der Waals surface area contributed by atoms with Gasteiger partial charge in [0.15, 0.2) is 0 Å². The van der Waals surface area contributed by atoms with Gasteiger partial charge in [-0.05, 0) is 29.4 Å². The third-order valence-corrected chi connectivity index (χ3v) is 5.53.